The van der Waals surface area contributed by atoms with E-state index in [1.165, 1.54) is 0 Å². The van der Waals surface area contributed by atoms with Crippen molar-refractivity contribution in [2.75, 3.05) is 33.9 Å². The standard InChI is InChI=1S/C23H28N2O5/c1-28-19-9-7-17(8-10-19)15-23(27)25-13-11-18(12-14-25)24-22(26)16-30-21-6-4-3-5-20(21)29-2/h3-10,18H,11-16H2,1-2H3,(H,24,26). The van der Waals surface area contributed by atoms with Gasteiger partial charge < -0.3 is 24.4 Å². The van der Waals surface area contributed by atoms with Gasteiger partial charge in [0.15, 0.2) is 18.1 Å². The summed E-state index contributed by atoms with van der Waals surface area (Å²) in [4.78, 5) is 26.6. The molecule has 2 aromatic rings. The SMILES string of the molecule is COc1ccc(CC(=O)N2CCC(NC(=O)COc3ccccc3OC)CC2)cc1. The van der Waals surface area contributed by atoms with Gasteiger partial charge in [-0.3, -0.25) is 9.59 Å². The van der Waals surface area contributed by atoms with E-state index in [-0.39, 0.29) is 24.5 Å². The second-order valence-corrected chi connectivity index (χ2v) is 7.19. The second-order valence-electron chi connectivity index (χ2n) is 7.19. The number of benzene rings is 2. The Morgan fingerprint density at radius 3 is 2.27 bits per heavy atom. The van der Waals surface area contributed by atoms with E-state index in [0.717, 1.165) is 24.2 Å². The fourth-order valence-corrected chi connectivity index (χ4v) is 3.45. The van der Waals surface area contributed by atoms with E-state index in [2.05, 4.69) is 5.32 Å². The van der Waals surface area contributed by atoms with Crippen LogP contribution >= 0.6 is 0 Å². The minimum Gasteiger partial charge on any atom is -0.497 e. The van der Waals surface area contributed by atoms with Crippen molar-refractivity contribution in [2.24, 2.45) is 0 Å². The van der Waals surface area contributed by atoms with Crippen LogP contribution in [0.2, 0.25) is 0 Å². The first kappa shape index (κ1) is 21.5. The number of hydrogen-bond acceptors (Lipinski definition) is 5. The van der Waals surface area contributed by atoms with Gasteiger partial charge in [-0.1, -0.05) is 24.3 Å². The molecule has 30 heavy (non-hydrogen) atoms. The van der Waals surface area contributed by atoms with Crippen molar-refractivity contribution in [1.29, 1.82) is 0 Å². The Bertz CT molecular complexity index is 845. The normalized spacial score (nSPS) is 14.1. The van der Waals surface area contributed by atoms with Crippen molar-refractivity contribution in [3.63, 3.8) is 0 Å². The number of nitrogens with one attached hydrogen (secondary N) is 1. The van der Waals surface area contributed by atoms with Gasteiger partial charge in [-0.25, -0.2) is 0 Å². The van der Waals surface area contributed by atoms with Gasteiger partial charge in [0, 0.05) is 19.1 Å². The van der Waals surface area contributed by atoms with Gasteiger partial charge in [-0.15, -0.1) is 0 Å². The Labute approximate surface area is 176 Å². The minimum absolute atomic E-state index is 0.0452. The first-order valence-corrected chi connectivity index (χ1v) is 10.0. The van der Waals surface area contributed by atoms with Crippen LogP contribution in [0.25, 0.3) is 0 Å². The van der Waals surface area contributed by atoms with Crippen molar-refractivity contribution in [3.05, 3.63) is 54.1 Å². The maximum Gasteiger partial charge on any atom is 0.258 e. The molecule has 7 heteroatoms. The molecule has 0 unspecified atom stereocenters. The number of para-hydroxylation sites is 2. The fraction of sp³-hybridized carbons (Fsp3) is 0.391. The minimum atomic E-state index is -0.177. The zero-order chi connectivity index (χ0) is 21.3. The molecular weight excluding hydrogens is 384 g/mol. The lowest BCUT2D eigenvalue weighted by Crippen LogP contribution is -2.47. The molecule has 160 valence electrons. The number of ether oxygens (including phenoxy) is 3. The molecule has 2 aromatic carbocycles. The van der Waals surface area contributed by atoms with Crippen LogP contribution in [-0.2, 0) is 16.0 Å². The van der Waals surface area contributed by atoms with Crippen molar-refractivity contribution in [2.45, 2.75) is 25.3 Å². The molecule has 0 bridgehead atoms. The third-order valence-electron chi connectivity index (χ3n) is 5.16. The number of rotatable bonds is 8. The number of amides is 2. The summed E-state index contributed by atoms with van der Waals surface area (Å²) in [6, 6.07) is 14.8. The Morgan fingerprint density at radius 1 is 0.967 bits per heavy atom. The third-order valence-corrected chi connectivity index (χ3v) is 5.16. The summed E-state index contributed by atoms with van der Waals surface area (Å²) in [5.41, 5.74) is 0.963. The summed E-state index contributed by atoms with van der Waals surface area (Å²) in [5.74, 6) is 1.83. The van der Waals surface area contributed by atoms with E-state index in [0.29, 0.717) is 31.0 Å². The smallest absolute Gasteiger partial charge is 0.258 e. The number of methoxy groups -OCH3 is 2. The van der Waals surface area contributed by atoms with Crippen molar-refractivity contribution >= 4 is 11.8 Å². The molecule has 0 aromatic heterocycles. The molecule has 1 saturated heterocycles. The average Bonchev–Trinajstić information content (AvgIpc) is 2.79. The molecule has 1 fully saturated rings. The first-order chi connectivity index (χ1) is 14.6. The second kappa shape index (κ2) is 10.5. The Morgan fingerprint density at radius 2 is 1.63 bits per heavy atom. The molecule has 0 atom stereocenters. The summed E-state index contributed by atoms with van der Waals surface area (Å²) in [6.45, 7) is 1.19. The molecule has 0 spiro atoms. The van der Waals surface area contributed by atoms with Crippen LogP contribution in [0.1, 0.15) is 18.4 Å². The van der Waals surface area contributed by atoms with Crippen LogP contribution in [0.4, 0.5) is 0 Å². The topological polar surface area (TPSA) is 77.1 Å². The predicted octanol–water partition coefficient (Wildman–Crippen LogP) is 2.43. The van der Waals surface area contributed by atoms with E-state index in [1.54, 1.807) is 26.4 Å². The average molecular weight is 412 g/mol. The van der Waals surface area contributed by atoms with Crippen molar-refractivity contribution in [3.8, 4) is 17.2 Å². The Hall–Kier alpha value is -3.22. The van der Waals surface area contributed by atoms with Gasteiger partial charge in [0.1, 0.15) is 5.75 Å². The molecule has 0 aliphatic carbocycles. The van der Waals surface area contributed by atoms with Gasteiger partial charge in [-0.2, -0.15) is 0 Å². The highest BCUT2D eigenvalue weighted by atomic mass is 16.5. The highest BCUT2D eigenvalue weighted by Gasteiger charge is 2.24. The van der Waals surface area contributed by atoms with E-state index < -0.39 is 0 Å². The first-order valence-electron chi connectivity index (χ1n) is 10.0. The van der Waals surface area contributed by atoms with Crippen LogP contribution < -0.4 is 19.5 Å². The third kappa shape index (κ3) is 5.89. The quantitative estimate of drug-likeness (QED) is 0.721. The maximum absolute atomic E-state index is 12.5. The summed E-state index contributed by atoms with van der Waals surface area (Å²) >= 11 is 0. The number of likely N-dealkylation sites (tertiary alicyclic amines) is 1. The number of hydrogen-bond donors (Lipinski definition) is 1. The van der Waals surface area contributed by atoms with Gasteiger partial charge in [0.05, 0.1) is 20.6 Å². The molecule has 1 aliphatic heterocycles. The van der Waals surface area contributed by atoms with Crippen LogP contribution in [0.5, 0.6) is 17.2 Å². The lowest BCUT2D eigenvalue weighted by atomic mass is 10.0. The molecule has 1 N–H and O–H groups in total. The number of nitrogens with zero attached hydrogens (tertiary/aromatic N) is 1. The fourth-order valence-electron chi connectivity index (χ4n) is 3.45. The summed E-state index contributed by atoms with van der Waals surface area (Å²) in [5, 5.41) is 2.99. The van der Waals surface area contributed by atoms with E-state index >= 15 is 0 Å². The number of piperidine rings is 1. The molecule has 3 rings (SSSR count). The van der Waals surface area contributed by atoms with Crippen LogP contribution in [0.15, 0.2) is 48.5 Å². The van der Waals surface area contributed by atoms with E-state index in [4.69, 9.17) is 14.2 Å². The van der Waals surface area contributed by atoms with Gasteiger partial charge >= 0.3 is 0 Å². The van der Waals surface area contributed by atoms with Crippen LogP contribution in [0.3, 0.4) is 0 Å². The molecule has 0 saturated carbocycles. The summed E-state index contributed by atoms with van der Waals surface area (Å²) < 4.78 is 15.9. The number of carbonyl (C=O) groups is 2. The predicted molar refractivity (Wildman–Crippen MR) is 113 cm³/mol. The maximum atomic E-state index is 12.5. The number of carbonyl (C=O) groups excluding carboxylic acids is 2. The highest BCUT2D eigenvalue weighted by Crippen LogP contribution is 2.25. The molecule has 7 nitrogen and oxygen atoms in total. The Kier molecular flexibility index (Phi) is 7.54. The summed E-state index contributed by atoms with van der Waals surface area (Å²) in [7, 11) is 3.18. The molecule has 1 heterocycles. The van der Waals surface area contributed by atoms with Gasteiger partial charge in [0.25, 0.3) is 5.91 Å². The zero-order valence-electron chi connectivity index (χ0n) is 17.4. The highest BCUT2D eigenvalue weighted by molar-refractivity contribution is 5.79. The van der Waals surface area contributed by atoms with E-state index in [1.807, 2.05) is 41.3 Å². The summed E-state index contributed by atoms with van der Waals surface area (Å²) in [6.07, 6.45) is 1.83. The van der Waals surface area contributed by atoms with Crippen LogP contribution in [-0.4, -0.2) is 56.7 Å². The largest absolute Gasteiger partial charge is 0.497 e. The molecule has 1 aliphatic rings. The Balaban J connectivity index is 1.40. The van der Waals surface area contributed by atoms with Gasteiger partial charge in [0.2, 0.25) is 5.91 Å². The lowest BCUT2D eigenvalue weighted by Gasteiger charge is -2.32. The monoisotopic (exact) mass is 412 g/mol. The van der Waals surface area contributed by atoms with Crippen LogP contribution in [0, 0.1) is 0 Å². The molecule has 0 radical (unpaired) electrons. The molecule has 2 amide bonds. The zero-order valence-corrected chi connectivity index (χ0v) is 17.4. The molecular formula is C23H28N2O5. The van der Waals surface area contributed by atoms with Gasteiger partial charge in [-0.05, 0) is 42.7 Å². The lowest BCUT2D eigenvalue weighted by molar-refractivity contribution is -0.131. The van der Waals surface area contributed by atoms with Crippen molar-refractivity contribution in [1.82, 2.24) is 10.2 Å². The van der Waals surface area contributed by atoms with Crippen molar-refractivity contribution < 1.29 is 23.8 Å². The van der Waals surface area contributed by atoms with E-state index in [9.17, 15) is 9.59 Å².